The molecule has 0 bridgehead atoms. The van der Waals surface area contributed by atoms with Crippen LogP contribution in [0.15, 0.2) is 59.0 Å². The van der Waals surface area contributed by atoms with E-state index < -0.39 is 0 Å². The molecule has 0 fully saturated rings. The zero-order valence-corrected chi connectivity index (χ0v) is 13.2. The van der Waals surface area contributed by atoms with E-state index in [0.29, 0.717) is 12.5 Å². The molecule has 6 heteroatoms. The molecule has 2 rings (SSSR count). The second-order valence-electron chi connectivity index (χ2n) is 4.33. The zero-order chi connectivity index (χ0) is 15.6. The lowest BCUT2D eigenvalue weighted by Crippen LogP contribution is -2.44. The lowest BCUT2D eigenvalue weighted by atomic mass is 10.2. The molecular formula is C16H19N5S. The number of guanidine groups is 2. The molecule has 1 aromatic carbocycles. The first kappa shape index (κ1) is 15.8. The minimum Gasteiger partial charge on any atom is -0.357 e. The summed E-state index contributed by atoms with van der Waals surface area (Å²) in [4.78, 5) is 4.45. The second-order valence-corrected chi connectivity index (χ2v) is 5.26. The monoisotopic (exact) mass is 313 g/mol. The quantitative estimate of drug-likeness (QED) is 0.517. The summed E-state index contributed by atoms with van der Waals surface area (Å²) in [5.74, 6) is 0.707. The Bertz CT molecular complexity index is 632. The molecule has 4 N–H and O–H groups in total. The first-order valence-corrected chi connectivity index (χ1v) is 7.85. The SMILES string of the molecule is CCNC(=N)NC(=Nc1cccs1)NC=Cc1ccccc1. The van der Waals surface area contributed by atoms with Crippen molar-refractivity contribution in [2.75, 3.05) is 6.54 Å². The van der Waals surface area contributed by atoms with Crippen LogP contribution in [-0.2, 0) is 0 Å². The summed E-state index contributed by atoms with van der Waals surface area (Å²) in [5.41, 5.74) is 1.09. The average Bonchev–Trinajstić information content (AvgIpc) is 3.01. The number of hydrogen-bond donors (Lipinski definition) is 4. The third-order valence-electron chi connectivity index (χ3n) is 2.62. The number of nitrogens with zero attached hydrogens (tertiary/aromatic N) is 1. The molecule has 1 aromatic heterocycles. The van der Waals surface area contributed by atoms with E-state index in [4.69, 9.17) is 5.41 Å². The molecule has 5 nitrogen and oxygen atoms in total. The lowest BCUT2D eigenvalue weighted by molar-refractivity contribution is 0.916. The molecule has 0 aliphatic heterocycles. The van der Waals surface area contributed by atoms with Crippen LogP contribution in [0.4, 0.5) is 5.00 Å². The van der Waals surface area contributed by atoms with Gasteiger partial charge in [0.2, 0.25) is 5.96 Å². The van der Waals surface area contributed by atoms with Crippen LogP contribution in [0.5, 0.6) is 0 Å². The minimum absolute atomic E-state index is 0.207. The zero-order valence-electron chi connectivity index (χ0n) is 12.3. The van der Waals surface area contributed by atoms with Gasteiger partial charge in [-0.2, -0.15) is 0 Å². The van der Waals surface area contributed by atoms with Crippen molar-refractivity contribution in [3.63, 3.8) is 0 Å². The maximum atomic E-state index is 7.78. The lowest BCUT2D eigenvalue weighted by Gasteiger charge is -2.10. The summed E-state index contributed by atoms with van der Waals surface area (Å²) in [6.45, 7) is 2.62. The molecular weight excluding hydrogens is 294 g/mol. The van der Waals surface area contributed by atoms with Crippen LogP contribution in [0.1, 0.15) is 12.5 Å². The Morgan fingerprint density at radius 2 is 2.05 bits per heavy atom. The van der Waals surface area contributed by atoms with Gasteiger partial charge in [-0.15, -0.1) is 11.3 Å². The fraction of sp³-hybridized carbons (Fsp3) is 0.125. The van der Waals surface area contributed by atoms with Gasteiger partial charge >= 0.3 is 0 Å². The second kappa shape index (κ2) is 8.63. The molecule has 0 saturated heterocycles. The molecule has 1 heterocycles. The molecule has 22 heavy (non-hydrogen) atoms. The molecule has 0 atom stereocenters. The molecule has 114 valence electrons. The maximum Gasteiger partial charge on any atom is 0.208 e. The highest BCUT2D eigenvalue weighted by Gasteiger charge is 2.01. The van der Waals surface area contributed by atoms with Crippen molar-refractivity contribution < 1.29 is 0 Å². The van der Waals surface area contributed by atoms with E-state index in [2.05, 4.69) is 20.9 Å². The van der Waals surface area contributed by atoms with Crippen molar-refractivity contribution in [3.8, 4) is 0 Å². The topological polar surface area (TPSA) is 72.3 Å². The summed E-state index contributed by atoms with van der Waals surface area (Å²) in [6, 6.07) is 13.8. The Labute approximate surface area is 134 Å². The van der Waals surface area contributed by atoms with Gasteiger partial charge in [0.05, 0.1) is 0 Å². The van der Waals surface area contributed by atoms with Crippen LogP contribution in [0.25, 0.3) is 6.08 Å². The molecule has 0 amide bonds. The molecule has 0 spiro atoms. The van der Waals surface area contributed by atoms with Gasteiger partial charge in [-0.05, 0) is 36.1 Å². The van der Waals surface area contributed by atoms with Gasteiger partial charge in [0.15, 0.2) is 5.96 Å². The Kier molecular flexibility index (Phi) is 6.19. The fourth-order valence-electron chi connectivity index (χ4n) is 1.66. The van der Waals surface area contributed by atoms with E-state index in [0.717, 1.165) is 10.6 Å². The van der Waals surface area contributed by atoms with Crippen LogP contribution >= 0.6 is 11.3 Å². The summed E-state index contributed by atoms with van der Waals surface area (Å²) < 4.78 is 0. The Balaban J connectivity index is 2.04. The van der Waals surface area contributed by atoms with Crippen molar-refractivity contribution in [3.05, 3.63) is 59.6 Å². The largest absolute Gasteiger partial charge is 0.357 e. The Morgan fingerprint density at radius 1 is 1.23 bits per heavy atom. The van der Waals surface area contributed by atoms with Crippen LogP contribution in [-0.4, -0.2) is 18.5 Å². The fourth-order valence-corrected chi connectivity index (χ4v) is 2.26. The third-order valence-corrected chi connectivity index (χ3v) is 3.38. The minimum atomic E-state index is 0.207. The van der Waals surface area contributed by atoms with Gasteiger partial charge in [-0.1, -0.05) is 30.3 Å². The third kappa shape index (κ3) is 5.41. The van der Waals surface area contributed by atoms with Gasteiger partial charge in [0, 0.05) is 12.7 Å². The molecule has 0 radical (unpaired) electrons. The highest BCUT2D eigenvalue weighted by Crippen LogP contribution is 2.18. The van der Waals surface area contributed by atoms with Crippen LogP contribution in [0, 0.1) is 5.41 Å². The number of benzene rings is 1. The van der Waals surface area contributed by atoms with Crippen LogP contribution in [0.3, 0.4) is 0 Å². The molecule has 0 aliphatic carbocycles. The van der Waals surface area contributed by atoms with Crippen LogP contribution in [0.2, 0.25) is 0 Å². The molecule has 2 aromatic rings. The van der Waals surface area contributed by atoms with Gasteiger partial charge in [-0.25, -0.2) is 4.99 Å². The predicted octanol–water partition coefficient (Wildman–Crippen LogP) is 3.13. The first-order valence-electron chi connectivity index (χ1n) is 6.97. The molecule has 0 unspecified atom stereocenters. The van der Waals surface area contributed by atoms with Crippen molar-refractivity contribution >= 4 is 34.3 Å². The summed E-state index contributed by atoms with van der Waals surface area (Å²) in [6.07, 6.45) is 3.75. The maximum absolute atomic E-state index is 7.78. The summed E-state index contributed by atoms with van der Waals surface area (Å²) in [7, 11) is 0. The number of nitrogens with one attached hydrogen (secondary N) is 4. The van der Waals surface area contributed by atoms with E-state index in [9.17, 15) is 0 Å². The summed E-state index contributed by atoms with van der Waals surface area (Å²) in [5, 5.41) is 19.5. The predicted molar refractivity (Wildman–Crippen MR) is 94.6 cm³/mol. The highest BCUT2D eigenvalue weighted by atomic mass is 32.1. The van der Waals surface area contributed by atoms with Gasteiger partial charge in [0.25, 0.3) is 0 Å². The number of rotatable bonds is 4. The number of thiophene rings is 1. The Hall–Kier alpha value is -2.60. The number of aliphatic imine (C=N–C) groups is 1. The van der Waals surface area contributed by atoms with Crippen molar-refractivity contribution in [2.45, 2.75) is 6.92 Å². The number of hydrogen-bond acceptors (Lipinski definition) is 3. The van der Waals surface area contributed by atoms with E-state index in [-0.39, 0.29) is 5.96 Å². The average molecular weight is 313 g/mol. The summed E-state index contributed by atoms with van der Waals surface area (Å²) >= 11 is 1.54. The smallest absolute Gasteiger partial charge is 0.208 e. The van der Waals surface area contributed by atoms with Crippen molar-refractivity contribution in [1.82, 2.24) is 16.0 Å². The standard InChI is InChI=1S/C16H19N5S/c1-2-18-15(17)21-16(20-14-9-6-12-22-14)19-11-10-13-7-4-3-5-8-13/h3-12H,2H2,1H3,(H4,17,18,19,20,21). The highest BCUT2D eigenvalue weighted by molar-refractivity contribution is 7.13. The van der Waals surface area contributed by atoms with Gasteiger partial charge < -0.3 is 10.6 Å². The van der Waals surface area contributed by atoms with Gasteiger partial charge in [-0.3, -0.25) is 10.7 Å². The van der Waals surface area contributed by atoms with Crippen LogP contribution < -0.4 is 16.0 Å². The van der Waals surface area contributed by atoms with Crippen molar-refractivity contribution in [1.29, 1.82) is 5.41 Å². The van der Waals surface area contributed by atoms with Crippen molar-refractivity contribution in [2.24, 2.45) is 4.99 Å². The van der Waals surface area contributed by atoms with E-state index in [1.807, 2.05) is 60.8 Å². The van der Waals surface area contributed by atoms with Gasteiger partial charge in [0.1, 0.15) is 5.00 Å². The van der Waals surface area contributed by atoms with E-state index in [1.54, 1.807) is 6.20 Å². The van der Waals surface area contributed by atoms with E-state index >= 15 is 0 Å². The Morgan fingerprint density at radius 3 is 2.73 bits per heavy atom. The first-order chi connectivity index (χ1) is 10.8. The normalized spacial score (nSPS) is 11.4. The molecule has 0 aliphatic rings. The molecule has 0 saturated carbocycles. The van der Waals surface area contributed by atoms with E-state index in [1.165, 1.54) is 11.3 Å².